The quantitative estimate of drug-likeness (QED) is 0.733. The van der Waals surface area contributed by atoms with E-state index in [2.05, 4.69) is 24.5 Å². The Hall–Kier alpha value is -0.0800. The molecule has 8 aliphatic rings. The molecule has 26 heavy (non-hydrogen) atoms. The van der Waals surface area contributed by atoms with Crippen molar-refractivity contribution in [3.63, 3.8) is 0 Å². The summed E-state index contributed by atoms with van der Waals surface area (Å²) in [5, 5.41) is 8.13. The van der Waals surface area contributed by atoms with E-state index in [-0.39, 0.29) is 0 Å². The van der Waals surface area contributed by atoms with Crippen molar-refractivity contribution in [3.8, 4) is 0 Å². The Morgan fingerprint density at radius 1 is 0.577 bits per heavy atom. The van der Waals surface area contributed by atoms with Gasteiger partial charge in [-0.05, 0) is 125 Å². The summed E-state index contributed by atoms with van der Waals surface area (Å²) >= 11 is 0. The molecule has 2 nitrogen and oxygen atoms in total. The fourth-order valence-electron chi connectivity index (χ4n) is 10.9. The molecule has 8 saturated carbocycles. The van der Waals surface area contributed by atoms with Crippen LogP contribution in [0, 0.1) is 34.5 Å². The van der Waals surface area contributed by atoms with Crippen LogP contribution in [0.15, 0.2) is 0 Å². The van der Waals surface area contributed by atoms with Crippen LogP contribution in [0.3, 0.4) is 0 Å². The van der Waals surface area contributed by atoms with E-state index in [0.717, 1.165) is 23.7 Å². The normalized spacial score (nSPS) is 59.3. The fourth-order valence-corrected chi connectivity index (χ4v) is 10.9. The van der Waals surface area contributed by atoms with Crippen molar-refractivity contribution in [1.82, 2.24) is 10.6 Å². The number of hydrogen-bond acceptors (Lipinski definition) is 2. The molecule has 8 fully saturated rings. The summed E-state index contributed by atoms with van der Waals surface area (Å²) in [6.45, 7) is 7.04. The first-order valence-corrected chi connectivity index (χ1v) is 12.0. The Kier molecular flexibility index (Phi) is 3.43. The van der Waals surface area contributed by atoms with Crippen LogP contribution in [-0.4, -0.2) is 24.2 Å². The number of hydrogen-bond donors (Lipinski definition) is 2. The maximum Gasteiger partial charge on any atom is 0.0192 e. The lowest BCUT2D eigenvalue weighted by atomic mass is 9.33. The van der Waals surface area contributed by atoms with Gasteiger partial charge in [0.2, 0.25) is 0 Å². The molecule has 0 aromatic rings. The molecule has 2 N–H and O–H groups in total. The van der Waals surface area contributed by atoms with Crippen LogP contribution in [0.1, 0.15) is 90.9 Å². The van der Waals surface area contributed by atoms with E-state index in [0.29, 0.717) is 21.9 Å². The molecule has 0 spiro atoms. The topological polar surface area (TPSA) is 24.1 Å². The van der Waals surface area contributed by atoms with Crippen LogP contribution in [0.2, 0.25) is 0 Å². The van der Waals surface area contributed by atoms with Crippen LogP contribution in [0.4, 0.5) is 0 Å². The van der Waals surface area contributed by atoms with Crippen LogP contribution in [0.5, 0.6) is 0 Å². The molecule has 0 radical (unpaired) electrons. The highest BCUT2D eigenvalue weighted by Crippen LogP contribution is 2.75. The Morgan fingerprint density at radius 3 is 1.23 bits per heavy atom. The van der Waals surface area contributed by atoms with Crippen molar-refractivity contribution in [2.75, 3.05) is 13.1 Å². The molecule has 8 aliphatic carbocycles. The third-order valence-electron chi connectivity index (χ3n) is 10.4. The van der Waals surface area contributed by atoms with Crippen molar-refractivity contribution in [2.45, 2.75) is 102 Å². The van der Waals surface area contributed by atoms with E-state index in [1.54, 1.807) is 38.5 Å². The zero-order chi connectivity index (χ0) is 17.6. The van der Waals surface area contributed by atoms with Gasteiger partial charge < -0.3 is 10.6 Å². The molecule has 8 bridgehead atoms. The van der Waals surface area contributed by atoms with Gasteiger partial charge in [-0.3, -0.25) is 0 Å². The van der Waals surface area contributed by atoms with Crippen molar-refractivity contribution in [2.24, 2.45) is 34.5 Å². The Bertz CT molecular complexity index is 515. The van der Waals surface area contributed by atoms with Crippen LogP contribution >= 0.6 is 0 Å². The van der Waals surface area contributed by atoms with Gasteiger partial charge in [-0.15, -0.1) is 0 Å². The highest BCUT2D eigenvalue weighted by molar-refractivity contribution is 5.22. The molecule has 0 aromatic heterocycles. The molecule has 0 aliphatic heterocycles. The molecule has 0 amide bonds. The Labute approximate surface area is 160 Å². The minimum atomic E-state index is 0.521. The first kappa shape index (κ1) is 16.8. The lowest BCUT2D eigenvalue weighted by Crippen LogP contribution is -2.71. The van der Waals surface area contributed by atoms with E-state index in [9.17, 15) is 0 Å². The van der Waals surface area contributed by atoms with Gasteiger partial charge >= 0.3 is 0 Å². The molecule has 4 unspecified atom stereocenters. The second-order valence-corrected chi connectivity index (χ2v) is 12.1. The fraction of sp³-hybridized carbons (Fsp3) is 1.00. The Morgan fingerprint density at radius 2 is 0.923 bits per heavy atom. The zero-order valence-corrected chi connectivity index (χ0v) is 17.2. The molecule has 0 saturated heterocycles. The van der Waals surface area contributed by atoms with Gasteiger partial charge in [0.15, 0.2) is 0 Å². The van der Waals surface area contributed by atoms with Gasteiger partial charge in [0, 0.05) is 11.1 Å². The molecule has 0 heterocycles. The van der Waals surface area contributed by atoms with Gasteiger partial charge in [0.05, 0.1) is 0 Å². The summed E-state index contributed by atoms with van der Waals surface area (Å²) in [5.41, 5.74) is 2.43. The lowest BCUT2D eigenvalue weighted by Gasteiger charge is -2.74. The second-order valence-electron chi connectivity index (χ2n) is 12.1. The monoisotopic (exact) mass is 356 g/mol. The van der Waals surface area contributed by atoms with Crippen molar-refractivity contribution in [1.29, 1.82) is 0 Å². The lowest BCUT2D eigenvalue weighted by molar-refractivity contribution is -0.216. The predicted octanol–water partition coefficient (Wildman–Crippen LogP) is 4.88. The van der Waals surface area contributed by atoms with E-state index in [1.165, 1.54) is 51.6 Å². The average molecular weight is 357 g/mol. The maximum absolute atomic E-state index is 4.07. The molecule has 2 heteroatoms. The summed E-state index contributed by atoms with van der Waals surface area (Å²) in [6, 6.07) is 0. The predicted molar refractivity (Wildman–Crippen MR) is 107 cm³/mol. The maximum atomic E-state index is 4.07. The molecule has 0 aromatic carbocycles. The first-order chi connectivity index (χ1) is 12.5. The summed E-state index contributed by atoms with van der Waals surface area (Å²) in [5.74, 6) is 4.16. The zero-order valence-electron chi connectivity index (χ0n) is 17.2. The summed E-state index contributed by atoms with van der Waals surface area (Å²) in [4.78, 5) is 0. The largest absolute Gasteiger partial charge is 0.311 e. The SMILES string of the molecule is CCNC12CC3CC(C1)CC(C14CC5CC(CC(NCC)(C5)C1)C4)(C3)C2. The van der Waals surface area contributed by atoms with Crippen molar-refractivity contribution in [3.05, 3.63) is 0 Å². The van der Waals surface area contributed by atoms with Gasteiger partial charge in [-0.25, -0.2) is 0 Å². The molecular formula is C24H40N2. The third-order valence-corrected chi connectivity index (χ3v) is 10.4. The van der Waals surface area contributed by atoms with Gasteiger partial charge in [0.1, 0.15) is 0 Å². The molecule has 146 valence electrons. The van der Waals surface area contributed by atoms with Crippen LogP contribution in [-0.2, 0) is 0 Å². The standard InChI is InChI=1S/C24H40N2/c1-3-25-23-11-17-5-18(12-23)8-21(7-17,15-23)22-9-19-6-20(10-22)14-24(13-19,16-22)26-4-2/h17-20,25-26H,3-16H2,1-2H3. The smallest absolute Gasteiger partial charge is 0.0192 e. The number of rotatable bonds is 5. The molecule has 4 atom stereocenters. The summed E-state index contributed by atoms with van der Waals surface area (Å²) < 4.78 is 0. The summed E-state index contributed by atoms with van der Waals surface area (Å²) in [6.07, 6.45) is 18.6. The van der Waals surface area contributed by atoms with Crippen LogP contribution < -0.4 is 10.6 Å². The summed E-state index contributed by atoms with van der Waals surface area (Å²) in [7, 11) is 0. The first-order valence-electron chi connectivity index (χ1n) is 12.0. The molecule has 8 rings (SSSR count). The second kappa shape index (κ2) is 5.29. The van der Waals surface area contributed by atoms with Gasteiger partial charge in [-0.2, -0.15) is 0 Å². The van der Waals surface area contributed by atoms with E-state index >= 15 is 0 Å². The Balaban J connectivity index is 1.40. The van der Waals surface area contributed by atoms with E-state index < -0.39 is 0 Å². The van der Waals surface area contributed by atoms with Crippen molar-refractivity contribution >= 4 is 0 Å². The van der Waals surface area contributed by atoms with Gasteiger partial charge in [-0.1, -0.05) is 13.8 Å². The highest BCUT2D eigenvalue weighted by Gasteiger charge is 2.69. The van der Waals surface area contributed by atoms with Crippen LogP contribution in [0.25, 0.3) is 0 Å². The van der Waals surface area contributed by atoms with E-state index in [4.69, 9.17) is 0 Å². The van der Waals surface area contributed by atoms with Crippen molar-refractivity contribution < 1.29 is 0 Å². The third kappa shape index (κ3) is 2.12. The number of nitrogens with one attached hydrogen (secondary N) is 2. The molecular weight excluding hydrogens is 316 g/mol. The minimum Gasteiger partial charge on any atom is -0.311 e. The van der Waals surface area contributed by atoms with E-state index in [1.807, 2.05) is 0 Å². The highest BCUT2D eigenvalue weighted by atomic mass is 15.0. The van der Waals surface area contributed by atoms with Gasteiger partial charge in [0.25, 0.3) is 0 Å². The minimum absolute atomic E-state index is 0.521. The average Bonchev–Trinajstić information content (AvgIpc) is 2.52.